The van der Waals surface area contributed by atoms with Gasteiger partial charge in [-0.3, -0.25) is 0 Å². The monoisotopic (exact) mass is 334 g/mol. The van der Waals surface area contributed by atoms with Crippen LogP contribution in [-0.2, 0) is 5.75 Å². The van der Waals surface area contributed by atoms with Crippen LogP contribution in [0.3, 0.4) is 0 Å². The van der Waals surface area contributed by atoms with Crippen molar-refractivity contribution in [2.75, 3.05) is 5.84 Å². The van der Waals surface area contributed by atoms with Crippen LogP contribution in [0.4, 0.5) is 4.39 Å². The predicted octanol–water partition coefficient (Wildman–Crippen LogP) is 3.74. The lowest BCUT2D eigenvalue weighted by Gasteiger charge is -2.04. The molecule has 3 rings (SSSR count). The van der Waals surface area contributed by atoms with Crippen LogP contribution in [0.25, 0.3) is 11.4 Å². The molecule has 7 heteroatoms. The van der Waals surface area contributed by atoms with Crippen molar-refractivity contribution < 1.29 is 4.39 Å². The van der Waals surface area contributed by atoms with E-state index >= 15 is 0 Å². The van der Waals surface area contributed by atoms with Gasteiger partial charge in [0.15, 0.2) is 5.82 Å². The molecule has 2 N–H and O–H groups in total. The van der Waals surface area contributed by atoms with Crippen LogP contribution in [0, 0.1) is 5.82 Å². The number of thioether (sulfide) groups is 1. The molecule has 1 heterocycles. The number of benzene rings is 2. The fraction of sp³-hybridized carbons (Fsp3) is 0.0667. The summed E-state index contributed by atoms with van der Waals surface area (Å²) in [6.45, 7) is 0. The molecule has 0 fully saturated rings. The number of hydrogen-bond donors (Lipinski definition) is 1. The second kappa shape index (κ2) is 6.37. The Morgan fingerprint density at radius 1 is 1.14 bits per heavy atom. The van der Waals surface area contributed by atoms with Gasteiger partial charge in [-0.25, -0.2) is 9.07 Å². The molecule has 0 spiro atoms. The summed E-state index contributed by atoms with van der Waals surface area (Å²) in [5, 5.41) is 9.38. The Balaban J connectivity index is 1.77. The number of nitrogen functional groups attached to an aromatic ring is 1. The van der Waals surface area contributed by atoms with E-state index in [9.17, 15) is 4.39 Å². The van der Waals surface area contributed by atoms with Gasteiger partial charge in [-0.1, -0.05) is 47.6 Å². The van der Waals surface area contributed by atoms with E-state index in [1.165, 1.54) is 28.6 Å². The van der Waals surface area contributed by atoms with Crippen molar-refractivity contribution in [2.24, 2.45) is 0 Å². The van der Waals surface area contributed by atoms with E-state index in [0.29, 0.717) is 21.8 Å². The van der Waals surface area contributed by atoms with Crippen molar-refractivity contribution in [3.05, 3.63) is 64.9 Å². The van der Waals surface area contributed by atoms with E-state index in [-0.39, 0.29) is 5.82 Å². The number of aromatic nitrogens is 3. The van der Waals surface area contributed by atoms with Crippen LogP contribution in [0.2, 0.25) is 5.02 Å². The number of nitrogens with zero attached hydrogens (tertiary/aromatic N) is 3. The zero-order valence-corrected chi connectivity index (χ0v) is 13.0. The minimum atomic E-state index is -0.251. The molecular formula is C15H12ClFN4S. The fourth-order valence-corrected chi connectivity index (χ4v) is 2.93. The van der Waals surface area contributed by atoms with E-state index in [1.54, 1.807) is 24.3 Å². The highest BCUT2D eigenvalue weighted by atomic mass is 35.5. The third-order valence-corrected chi connectivity index (χ3v) is 4.28. The zero-order valence-electron chi connectivity index (χ0n) is 11.4. The van der Waals surface area contributed by atoms with Crippen LogP contribution < -0.4 is 5.84 Å². The van der Waals surface area contributed by atoms with Gasteiger partial charge in [-0.15, -0.1) is 10.2 Å². The molecule has 22 heavy (non-hydrogen) atoms. The van der Waals surface area contributed by atoms with Crippen LogP contribution in [0.15, 0.2) is 53.7 Å². The van der Waals surface area contributed by atoms with Crippen molar-refractivity contribution in [3.63, 3.8) is 0 Å². The van der Waals surface area contributed by atoms with Crippen LogP contribution in [0.1, 0.15) is 5.56 Å². The maximum Gasteiger partial charge on any atom is 0.210 e. The smallest absolute Gasteiger partial charge is 0.210 e. The maximum absolute atomic E-state index is 12.9. The lowest BCUT2D eigenvalue weighted by molar-refractivity contribution is 0.627. The second-order valence-corrected chi connectivity index (χ2v) is 5.98. The summed E-state index contributed by atoms with van der Waals surface area (Å²) in [5.74, 6) is 6.97. The van der Waals surface area contributed by atoms with E-state index < -0.39 is 0 Å². The topological polar surface area (TPSA) is 56.7 Å². The number of nitrogens with two attached hydrogens (primary N) is 1. The van der Waals surface area contributed by atoms with Crippen molar-refractivity contribution in [2.45, 2.75) is 10.9 Å². The van der Waals surface area contributed by atoms with Crippen molar-refractivity contribution in [1.82, 2.24) is 14.9 Å². The third-order valence-electron chi connectivity index (χ3n) is 3.03. The van der Waals surface area contributed by atoms with Crippen LogP contribution in [-0.4, -0.2) is 14.9 Å². The van der Waals surface area contributed by atoms with Gasteiger partial charge < -0.3 is 5.84 Å². The Kier molecular flexibility index (Phi) is 4.31. The molecule has 1 aromatic heterocycles. The first-order valence-electron chi connectivity index (χ1n) is 6.47. The minimum absolute atomic E-state index is 0.251. The Morgan fingerprint density at radius 3 is 2.64 bits per heavy atom. The number of halogens is 2. The SMILES string of the molecule is Nn1c(SCc2ccc(F)cc2)nnc1-c1cccc(Cl)c1. The van der Waals surface area contributed by atoms with E-state index in [0.717, 1.165) is 11.1 Å². The summed E-state index contributed by atoms with van der Waals surface area (Å²) in [7, 11) is 0. The minimum Gasteiger partial charge on any atom is -0.335 e. The Hall–Kier alpha value is -2.05. The molecule has 4 nitrogen and oxygen atoms in total. The molecule has 112 valence electrons. The quantitative estimate of drug-likeness (QED) is 0.583. The average Bonchev–Trinajstić information content (AvgIpc) is 2.88. The Bertz CT molecular complexity index is 788. The molecule has 0 aliphatic carbocycles. The molecule has 0 bridgehead atoms. The summed E-state index contributed by atoms with van der Waals surface area (Å²) in [6.07, 6.45) is 0. The molecule has 0 aliphatic rings. The lowest BCUT2D eigenvalue weighted by atomic mass is 10.2. The first kappa shape index (κ1) is 14.9. The summed E-state index contributed by atoms with van der Waals surface area (Å²) in [4.78, 5) is 0. The molecule has 0 atom stereocenters. The highest BCUT2D eigenvalue weighted by Gasteiger charge is 2.12. The summed E-state index contributed by atoms with van der Waals surface area (Å²) in [6, 6.07) is 13.6. The molecular weight excluding hydrogens is 323 g/mol. The van der Waals surface area contributed by atoms with Crippen LogP contribution >= 0.6 is 23.4 Å². The second-order valence-electron chi connectivity index (χ2n) is 4.60. The number of hydrogen-bond acceptors (Lipinski definition) is 4. The first-order valence-corrected chi connectivity index (χ1v) is 7.83. The summed E-state index contributed by atoms with van der Waals surface area (Å²) in [5.41, 5.74) is 1.79. The van der Waals surface area contributed by atoms with E-state index in [1.807, 2.05) is 12.1 Å². The zero-order chi connectivity index (χ0) is 15.5. The summed E-state index contributed by atoms with van der Waals surface area (Å²) >= 11 is 7.41. The molecule has 0 unspecified atom stereocenters. The van der Waals surface area contributed by atoms with Gasteiger partial charge in [0, 0.05) is 16.3 Å². The largest absolute Gasteiger partial charge is 0.335 e. The van der Waals surface area contributed by atoms with Crippen LogP contribution in [0.5, 0.6) is 0 Å². The average molecular weight is 335 g/mol. The van der Waals surface area contributed by atoms with Crippen molar-refractivity contribution >= 4 is 23.4 Å². The summed E-state index contributed by atoms with van der Waals surface area (Å²) < 4.78 is 14.3. The van der Waals surface area contributed by atoms with Crippen molar-refractivity contribution in [1.29, 1.82) is 0 Å². The standard InChI is InChI=1S/C15H12ClFN4S/c16-12-3-1-2-11(8-12)14-19-20-15(21(14)18)22-9-10-4-6-13(17)7-5-10/h1-8H,9,18H2. The highest BCUT2D eigenvalue weighted by molar-refractivity contribution is 7.98. The molecule has 3 aromatic rings. The predicted molar refractivity (Wildman–Crippen MR) is 86.6 cm³/mol. The molecule has 0 amide bonds. The molecule has 0 saturated heterocycles. The van der Waals surface area contributed by atoms with E-state index in [4.69, 9.17) is 17.4 Å². The molecule has 0 aliphatic heterocycles. The van der Waals surface area contributed by atoms with Crippen molar-refractivity contribution in [3.8, 4) is 11.4 Å². The molecule has 0 radical (unpaired) electrons. The molecule has 0 saturated carbocycles. The van der Waals surface area contributed by atoms with Gasteiger partial charge in [-0.05, 0) is 29.8 Å². The highest BCUT2D eigenvalue weighted by Crippen LogP contribution is 2.25. The normalized spacial score (nSPS) is 10.8. The lowest BCUT2D eigenvalue weighted by Crippen LogP contribution is -2.11. The van der Waals surface area contributed by atoms with Gasteiger partial charge in [0.05, 0.1) is 0 Å². The maximum atomic E-state index is 12.9. The van der Waals surface area contributed by atoms with E-state index in [2.05, 4.69) is 10.2 Å². The van der Waals surface area contributed by atoms with Gasteiger partial charge in [0.2, 0.25) is 5.16 Å². The number of rotatable bonds is 4. The molecule has 2 aromatic carbocycles. The van der Waals surface area contributed by atoms with Gasteiger partial charge in [-0.2, -0.15) is 0 Å². The third kappa shape index (κ3) is 3.23. The Morgan fingerprint density at radius 2 is 1.91 bits per heavy atom. The Labute approximate surface area is 136 Å². The first-order chi connectivity index (χ1) is 10.6. The van der Waals surface area contributed by atoms with Gasteiger partial charge in [0.25, 0.3) is 0 Å². The van der Waals surface area contributed by atoms with Gasteiger partial charge in [0.1, 0.15) is 5.82 Å². The fourth-order valence-electron chi connectivity index (χ4n) is 1.93. The van der Waals surface area contributed by atoms with Gasteiger partial charge >= 0.3 is 0 Å².